The van der Waals surface area contributed by atoms with E-state index in [1.54, 1.807) is 24.3 Å². The summed E-state index contributed by atoms with van der Waals surface area (Å²) in [6.45, 7) is 7.69. The SMILES string of the molecule is Cc1c(OC2CCC(CCCCN3CCN(c4ccc5c(C6CCC(=O)NC6=O)nn(C)c5c4)CC3)CC2)cccc1-c1ccc(N2CCc3cccc(C(=O)Nc4nc(C(F)(F)F)cs4)c3C2)nc1C(=O)O. The van der Waals surface area contributed by atoms with Crippen LogP contribution in [0.15, 0.2) is 72.1 Å². The maximum Gasteiger partial charge on any atom is 0.434 e. The monoisotopic (exact) mass is 1020 g/mol. The third kappa shape index (κ3) is 10.8. The molecular formula is C54H58F3N9O6S. The van der Waals surface area contributed by atoms with E-state index in [0.29, 0.717) is 65.6 Å². The number of imide groups is 1. The smallest absolute Gasteiger partial charge is 0.434 e. The molecule has 0 spiro atoms. The van der Waals surface area contributed by atoms with E-state index >= 15 is 0 Å². The number of ether oxygens (including phenoxy) is 1. The first-order chi connectivity index (χ1) is 35.2. The number of piperazine rings is 1. The van der Waals surface area contributed by atoms with Crippen LogP contribution in [-0.4, -0.2) is 98.8 Å². The number of carbonyl (C=O) groups excluding carboxylic acids is 3. The molecule has 3 aromatic heterocycles. The molecule has 3 fully saturated rings. The first kappa shape index (κ1) is 49.7. The van der Waals surface area contributed by atoms with E-state index < -0.39 is 29.7 Å². The molecule has 3 amide bonds. The van der Waals surface area contributed by atoms with E-state index in [0.717, 1.165) is 109 Å². The fourth-order valence-electron chi connectivity index (χ4n) is 11.1. The Morgan fingerprint density at radius 2 is 1.68 bits per heavy atom. The van der Waals surface area contributed by atoms with E-state index in [4.69, 9.17) is 9.84 Å². The van der Waals surface area contributed by atoms with Crippen molar-refractivity contribution in [1.82, 2.24) is 30.0 Å². The zero-order chi connectivity index (χ0) is 51.0. The van der Waals surface area contributed by atoms with Gasteiger partial charge in [0.2, 0.25) is 11.8 Å². The van der Waals surface area contributed by atoms with Crippen molar-refractivity contribution >= 4 is 62.6 Å². The number of halogens is 3. The first-order valence-electron chi connectivity index (χ1n) is 25.1. The molecule has 3 aromatic carbocycles. The average molecular weight is 1020 g/mol. The molecule has 1 unspecified atom stereocenters. The summed E-state index contributed by atoms with van der Waals surface area (Å²) in [4.78, 5) is 65.6. The molecule has 19 heteroatoms. The molecule has 2 saturated heterocycles. The number of fused-ring (bicyclic) bond motifs is 2. The van der Waals surface area contributed by atoms with Gasteiger partial charge in [-0.05, 0) is 129 Å². The van der Waals surface area contributed by atoms with Gasteiger partial charge in [-0.25, -0.2) is 14.8 Å². The van der Waals surface area contributed by atoms with Crippen molar-refractivity contribution in [3.63, 3.8) is 0 Å². The van der Waals surface area contributed by atoms with Gasteiger partial charge in [-0.3, -0.25) is 34.6 Å². The number of carboxylic acids is 1. The van der Waals surface area contributed by atoms with Gasteiger partial charge in [0.05, 0.1) is 23.2 Å². The second kappa shape index (κ2) is 20.9. The predicted molar refractivity (Wildman–Crippen MR) is 272 cm³/mol. The number of alkyl halides is 3. The maximum atomic E-state index is 13.4. The number of carbonyl (C=O) groups is 4. The summed E-state index contributed by atoms with van der Waals surface area (Å²) < 4.78 is 47.9. The average Bonchev–Trinajstić information content (AvgIpc) is 4.00. The standard InChI is InChI=1S/C54H58F3N9O6S/c1-32-37(38-18-20-46(59-49(38)52(70)71)66-24-22-34-8-5-10-39(42(34)30-66)50(68)61-53-58-45(31-73-53)54(55,56)57)9-6-11-44(32)72-36-15-12-33(13-16-36)7-3-4-23-64-25-27-65(28-26-64)35-14-17-40-43(29-35)63(2)62-48(40)41-19-21-47(67)60-51(41)69/h5-6,8-11,14,17-18,20,29,31,33,36,41H,3-4,7,12-13,15-16,19,21-28,30H2,1-2H3,(H,70,71)(H,58,61,68)(H,60,67,69). The topological polar surface area (TPSA) is 175 Å². The lowest BCUT2D eigenvalue weighted by Gasteiger charge is -2.36. The van der Waals surface area contributed by atoms with Crippen LogP contribution in [0.4, 0.5) is 29.8 Å². The minimum absolute atomic E-state index is 0.0693. The van der Waals surface area contributed by atoms with E-state index in [9.17, 15) is 37.5 Å². The van der Waals surface area contributed by atoms with Crippen LogP contribution >= 0.6 is 11.3 Å². The Kier molecular flexibility index (Phi) is 14.3. The number of pyridine rings is 1. The van der Waals surface area contributed by atoms with Crippen LogP contribution in [0.5, 0.6) is 5.75 Å². The zero-order valence-electron chi connectivity index (χ0n) is 40.8. The quantitative estimate of drug-likeness (QED) is 0.0698. The molecule has 0 radical (unpaired) electrons. The number of aromatic nitrogens is 4. The lowest BCUT2D eigenvalue weighted by molar-refractivity contribution is -0.140. The molecule has 0 bridgehead atoms. The molecule has 73 heavy (non-hydrogen) atoms. The molecule has 6 heterocycles. The number of nitrogens with one attached hydrogen (secondary N) is 2. The van der Waals surface area contributed by atoms with Crippen molar-refractivity contribution in [2.45, 2.75) is 95.9 Å². The van der Waals surface area contributed by atoms with E-state index in [1.807, 2.05) is 47.8 Å². The number of amides is 3. The molecule has 1 saturated carbocycles. The van der Waals surface area contributed by atoms with Crippen molar-refractivity contribution in [1.29, 1.82) is 0 Å². The van der Waals surface area contributed by atoms with Gasteiger partial charge in [-0.1, -0.05) is 37.1 Å². The summed E-state index contributed by atoms with van der Waals surface area (Å²) in [5, 5.41) is 21.8. The molecule has 1 aliphatic carbocycles. The molecule has 1 atom stereocenters. The summed E-state index contributed by atoms with van der Waals surface area (Å²) in [5.41, 5.74) is 5.61. The van der Waals surface area contributed by atoms with Crippen LogP contribution in [0.3, 0.4) is 0 Å². The number of anilines is 3. The van der Waals surface area contributed by atoms with Crippen molar-refractivity contribution < 1.29 is 42.2 Å². The van der Waals surface area contributed by atoms with Crippen LogP contribution in [0.25, 0.3) is 22.0 Å². The summed E-state index contributed by atoms with van der Waals surface area (Å²) in [6.07, 6.45) is 4.49. The first-order valence-corrected chi connectivity index (χ1v) is 26.0. The van der Waals surface area contributed by atoms with Crippen LogP contribution < -0.4 is 25.2 Å². The van der Waals surface area contributed by atoms with Gasteiger partial charge in [0.25, 0.3) is 5.91 Å². The van der Waals surface area contributed by atoms with Crippen LogP contribution in [-0.2, 0) is 35.8 Å². The van der Waals surface area contributed by atoms with Gasteiger partial charge in [-0.2, -0.15) is 18.3 Å². The number of aryl methyl sites for hydroxylation is 1. The number of benzene rings is 3. The summed E-state index contributed by atoms with van der Waals surface area (Å²) in [7, 11) is 1.91. The fourth-order valence-corrected chi connectivity index (χ4v) is 11.8. The van der Waals surface area contributed by atoms with E-state index in [2.05, 4.69) is 48.6 Å². The Bertz CT molecular complexity index is 3070. The molecule has 10 rings (SSSR count). The van der Waals surface area contributed by atoms with Gasteiger partial charge in [0.1, 0.15) is 11.6 Å². The minimum Gasteiger partial charge on any atom is -0.490 e. The summed E-state index contributed by atoms with van der Waals surface area (Å²) in [5.74, 6) is -0.852. The van der Waals surface area contributed by atoms with Gasteiger partial charge < -0.3 is 19.6 Å². The van der Waals surface area contributed by atoms with Crippen molar-refractivity contribution in [3.8, 4) is 16.9 Å². The van der Waals surface area contributed by atoms with Crippen LogP contribution in [0, 0.1) is 12.8 Å². The van der Waals surface area contributed by atoms with Crippen LogP contribution in [0.2, 0.25) is 0 Å². The largest absolute Gasteiger partial charge is 0.490 e. The van der Waals surface area contributed by atoms with Gasteiger partial charge in [0.15, 0.2) is 16.5 Å². The molecule has 15 nitrogen and oxygen atoms in total. The number of unbranched alkanes of at least 4 members (excludes halogenated alkanes) is 1. The van der Waals surface area contributed by atoms with E-state index in [-0.39, 0.29) is 35.3 Å². The second-order valence-electron chi connectivity index (χ2n) is 19.7. The number of hydrogen-bond acceptors (Lipinski definition) is 12. The third-order valence-corrected chi connectivity index (χ3v) is 15.9. The number of carboxylic acid groups (broad SMARTS) is 1. The highest BCUT2D eigenvalue weighted by atomic mass is 32.1. The highest BCUT2D eigenvalue weighted by molar-refractivity contribution is 7.14. The van der Waals surface area contributed by atoms with Crippen molar-refractivity contribution in [2.75, 3.05) is 54.4 Å². The van der Waals surface area contributed by atoms with E-state index in [1.165, 1.54) is 19.3 Å². The summed E-state index contributed by atoms with van der Waals surface area (Å²) in [6, 6.07) is 20.9. The Morgan fingerprint density at radius 3 is 2.44 bits per heavy atom. The van der Waals surface area contributed by atoms with Gasteiger partial charge >= 0.3 is 12.1 Å². The molecule has 3 aliphatic heterocycles. The second-order valence-corrected chi connectivity index (χ2v) is 20.6. The van der Waals surface area contributed by atoms with Gasteiger partial charge in [-0.15, -0.1) is 11.3 Å². The van der Waals surface area contributed by atoms with Crippen LogP contribution in [0.1, 0.15) is 113 Å². The maximum absolute atomic E-state index is 13.4. The Hall–Kier alpha value is -6.86. The van der Waals surface area contributed by atoms with Gasteiger partial charge in [0, 0.05) is 80.3 Å². The number of rotatable bonds is 14. The summed E-state index contributed by atoms with van der Waals surface area (Å²) >= 11 is 0.698. The predicted octanol–water partition coefficient (Wildman–Crippen LogP) is 9.38. The highest BCUT2D eigenvalue weighted by Crippen LogP contribution is 2.38. The lowest BCUT2D eigenvalue weighted by atomic mass is 9.84. The molecule has 6 aromatic rings. The number of piperidine rings is 1. The molecular weight excluding hydrogens is 960 g/mol. The Balaban J connectivity index is 0.690. The number of thiazole rings is 1. The van der Waals surface area contributed by atoms with Crippen molar-refractivity contribution in [2.24, 2.45) is 13.0 Å². The normalized spacial score (nSPS) is 19.7. The lowest BCUT2D eigenvalue weighted by Crippen LogP contribution is -2.46. The third-order valence-electron chi connectivity index (χ3n) is 15.1. The molecule has 382 valence electrons. The number of aromatic carboxylic acids is 1. The molecule has 4 aliphatic rings. The Labute approximate surface area is 424 Å². The highest BCUT2D eigenvalue weighted by Gasteiger charge is 2.35. The fraction of sp³-hybridized carbons (Fsp3) is 0.426. The van der Waals surface area contributed by atoms with Crippen molar-refractivity contribution in [3.05, 3.63) is 111 Å². The molecule has 3 N–H and O–H groups in total. The Morgan fingerprint density at radius 1 is 0.890 bits per heavy atom. The zero-order valence-corrected chi connectivity index (χ0v) is 41.7. The number of nitrogens with zero attached hydrogens (tertiary/aromatic N) is 7. The minimum atomic E-state index is -4.62. The number of hydrogen-bond donors (Lipinski definition) is 3.